The smallest absolute Gasteiger partial charge is 0.425 e. The van der Waals surface area contributed by atoms with Crippen molar-refractivity contribution in [1.29, 1.82) is 0 Å². The van der Waals surface area contributed by atoms with E-state index in [0.717, 1.165) is 55.6 Å². The van der Waals surface area contributed by atoms with E-state index in [1.807, 2.05) is 64.1 Å². The van der Waals surface area contributed by atoms with Crippen LogP contribution in [0.3, 0.4) is 0 Å². The maximum absolute atomic E-state index is 15.9. The Balaban J connectivity index is 1.34. The summed E-state index contributed by atoms with van der Waals surface area (Å²) < 4.78 is 48.3. The third kappa shape index (κ3) is 10.6. The van der Waals surface area contributed by atoms with Crippen LogP contribution in [0, 0.1) is 27.7 Å². The summed E-state index contributed by atoms with van der Waals surface area (Å²) in [5.74, 6) is 0.183. The number of benzene rings is 5. The van der Waals surface area contributed by atoms with Crippen molar-refractivity contribution in [2.75, 3.05) is 0 Å². The van der Waals surface area contributed by atoms with Gasteiger partial charge in [0.15, 0.2) is 0 Å². The molecular weight excluding hydrogens is 904 g/mol. The van der Waals surface area contributed by atoms with Crippen molar-refractivity contribution in [2.45, 2.75) is 197 Å². The van der Waals surface area contributed by atoms with E-state index in [1.165, 1.54) is 0 Å². The largest absolute Gasteiger partial charge is 0.647 e. The molecule has 71 heavy (non-hydrogen) atoms. The third-order valence-electron chi connectivity index (χ3n) is 14.0. The van der Waals surface area contributed by atoms with Crippen LogP contribution >= 0.6 is 7.82 Å². The number of aryl methyl sites for hydroxylation is 4. The van der Waals surface area contributed by atoms with Crippen molar-refractivity contribution in [3.8, 4) is 28.7 Å². The van der Waals surface area contributed by atoms with Crippen molar-refractivity contribution >= 4 is 19.8 Å². The average Bonchev–Trinajstić information content (AvgIpc) is 3.72. The van der Waals surface area contributed by atoms with Gasteiger partial charge in [0.05, 0.1) is 0 Å². The number of carbonyl (C=O) groups is 2. The Bertz CT molecular complexity index is 2810. The molecule has 0 saturated heterocycles. The molecule has 0 aromatic heterocycles. The summed E-state index contributed by atoms with van der Waals surface area (Å²) in [6.45, 7) is 46.1. The van der Waals surface area contributed by atoms with E-state index in [4.69, 9.17) is 23.0 Å². The monoisotopic (exact) mass is 983 g/mol. The minimum absolute atomic E-state index is 0.162. The van der Waals surface area contributed by atoms with Crippen molar-refractivity contribution in [3.63, 3.8) is 0 Å². The lowest BCUT2D eigenvalue weighted by atomic mass is 9.77. The molecule has 2 aliphatic heterocycles. The van der Waals surface area contributed by atoms with E-state index in [0.29, 0.717) is 51.0 Å². The molecule has 0 spiro atoms. The second-order valence-corrected chi connectivity index (χ2v) is 27.9. The minimum atomic E-state index is -4.64. The van der Waals surface area contributed by atoms with E-state index in [9.17, 15) is 9.59 Å². The normalized spacial score (nSPS) is 17.3. The molecule has 2 unspecified atom stereocenters. The molecule has 7 rings (SSSR count). The van der Waals surface area contributed by atoms with Gasteiger partial charge in [-0.25, -0.2) is 0 Å². The van der Waals surface area contributed by atoms with E-state index < -0.39 is 25.1 Å². The first-order chi connectivity index (χ1) is 32.3. The molecule has 2 aliphatic rings. The summed E-state index contributed by atoms with van der Waals surface area (Å²) in [4.78, 5) is 28.0. The Morgan fingerprint density at radius 1 is 0.408 bits per heavy atom. The first-order valence-corrected chi connectivity index (χ1v) is 26.6. The van der Waals surface area contributed by atoms with Gasteiger partial charge in [0.2, 0.25) is 0 Å². The lowest BCUT2D eigenvalue weighted by Gasteiger charge is -2.29. The molecule has 2 heterocycles. The molecule has 380 valence electrons. The van der Waals surface area contributed by atoms with E-state index in [2.05, 4.69) is 155 Å². The number of esters is 2. The van der Waals surface area contributed by atoms with Crippen LogP contribution in [0.1, 0.15) is 214 Å². The molecule has 9 heteroatoms. The SMILES string of the molecule is Cc1cc(C2C(=O)Oc3c2cc(C(C)(C)C)cc3C(C)(C)C)cc(C)c1OP(=O)(Oc1ccc(C(C)(C)C)cc1C(C)(C)C)Oc1c(C)cc(C2C(=O)Oc3c2cc(C(C)(C)C)cc3C(C)(C)C)cc1C. The standard InChI is InChI=1S/C62H79O8P/c1-34-25-38(49-43-29-41(58(8,9)10)32-46(61(17,18)19)53(43)66-55(49)63)26-35(2)51(34)69-71(65,68-48-24-23-40(57(5,6)7)31-45(48)60(14,15)16)70-52-36(3)27-39(28-37(52)4)50-44-30-42(59(11,12)13)33-47(62(20,21)22)54(44)67-56(50)64/h23-33,49-50H,1-22H3. The summed E-state index contributed by atoms with van der Waals surface area (Å²) in [6.07, 6.45) is 0. The maximum Gasteiger partial charge on any atom is 0.647 e. The van der Waals surface area contributed by atoms with Crippen LogP contribution in [0.4, 0.5) is 0 Å². The van der Waals surface area contributed by atoms with E-state index in [1.54, 1.807) is 0 Å². The van der Waals surface area contributed by atoms with Crippen LogP contribution in [0.2, 0.25) is 0 Å². The van der Waals surface area contributed by atoms with Gasteiger partial charge in [0, 0.05) is 27.8 Å². The fourth-order valence-corrected chi connectivity index (χ4v) is 11.3. The Hall–Kier alpha value is -5.33. The Kier molecular flexibility index (Phi) is 13.3. The van der Waals surface area contributed by atoms with Crippen LogP contribution in [0.15, 0.2) is 66.7 Å². The number of phosphoric ester groups is 1. The molecule has 0 aliphatic carbocycles. The topological polar surface area (TPSA) is 97.4 Å². The maximum atomic E-state index is 15.9. The molecule has 5 aromatic rings. The van der Waals surface area contributed by atoms with Gasteiger partial charge in [-0.2, -0.15) is 4.57 Å². The van der Waals surface area contributed by atoms with Gasteiger partial charge in [-0.15, -0.1) is 0 Å². The molecule has 0 radical (unpaired) electrons. The number of fused-ring (bicyclic) bond motifs is 2. The lowest BCUT2D eigenvalue weighted by Crippen LogP contribution is -2.19. The zero-order valence-corrected chi connectivity index (χ0v) is 47.6. The molecule has 5 aromatic carbocycles. The second kappa shape index (κ2) is 17.7. The van der Waals surface area contributed by atoms with Crippen molar-refractivity contribution in [3.05, 3.63) is 145 Å². The highest BCUT2D eigenvalue weighted by Crippen LogP contribution is 2.56. The van der Waals surface area contributed by atoms with Gasteiger partial charge < -0.3 is 23.0 Å². The van der Waals surface area contributed by atoms with Crippen LogP contribution in [0.25, 0.3) is 0 Å². The van der Waals surface area contributed by atoms with Crippen LogP contribution in [-0.2, 0) is 46.6 Å². The Morgan fingerprint density at radius 2 is 0.732 bits per heavy atom. The van der Waals surface area contributed by atoms with Gasteiger partial charge in [-0.05, 0) is 116 Å². The highest BCUT2D eigenvalue weighted by molar-refractivity contribution is 7.49. The summed E-state index contributed by atoms with van der Waals surface area (Å²) in [5, 5.41) is 0. The predicted molar refractivity (Wildman–Crippen MR) is 288 cm³/mol. The second-order valence-electron chi connectivity index (χ2n) is 26.5. The van der Waals surface area contributed by atoms with E-state index >= 15 is 4.57 Å². The number of phosphoric acid groups is 1. The summed E-state index contributed by atoms with van der Waals surface area (Å²) in [6, 6.07) is 22.2. The van der Waals surface area contributed by atoms with Crippen molar-refractivity contribution in [2.24, 2.45) is 0 Å². The molecule has 0 amide bonds. The minimum Gasteiger partial charge on any atom is -0.425 e. The Labute approximate surface area is 425 Å². The van der Waals surface area contributed by atoms with E-state index in [-0.39, 0.29) is 39.0 Å². The lowest BCUT2D eigenvalue weighted by molar-refractivity contribution is -0.134. The molecule has 0 fully saturated rings. The fraction of sp³-hybridized carbons (Fsp3) is 0.484. The van der Waals surface area contributed by atoms with Crippen molar-refractivity contribution < 1.29 is 37.2 Å². The Morgan fingerprint density at radius 3 is 1.04 bits per heavy atom. The first-order valence-electron chi connectivity index (χ1n) is 25.2. The molecule has 0 saturated carbocycles. The van der Waals surface area contributed by atoms with Gasteiger partial charge in [0.1, 0.15) is 40.6 Å². The quantitative estimate of drug-likeness (QED) is 0.0862. The fourth-order valence-electron chi connectivity index (χ4n) is 9.79. The predicted octanol–water partition coefficient (Wildman–Crippen LogP) is 16.5. The summed E-state index contributed by atoms with van der Waals surface area (Å²) in [7, 11) is -4.64. The molecular formula is C62H79O8P. The molecule has 0 bridgehead atoms. The number of hydrogen-bond donors (Lipinski definition) is 0. The number of ether oxygens (including phenoxy) is 2. The van der Waals surface area contributed by atoms with Crippen LogP contribution in [0.5, 0.6) is 28.7 Å². The number of hydrogen-bond acceptors (Lipinski definition) is 8. The zero-order chi connectivity index (χ0) is 53.1. The first kappa shape index (κ1) is 53.5. The zero-order valence-electron chi connectivity index (χ0n) is 46.7. The highest BCUT2D eigenvalue weighted by atomic mass is 31.2. The van der Waals surface area contributed by atoms with Gasteiger partial charge >= 0.3 is 19.8 Å². The number of rotatable bonds is 8. The van der Waals surface area contributed by atoms with Gasteiger partial charge in [0.25, 0.3) is 0 Å². The summed E-state index contributed by atoms with van der Waals surface area (Å²) >= 11 is 0. The van der Waals surface area contributed by atoms with Crippen LogP contribution < -0.4 is 23.0 Å². The van der Waals surface area contributed by atoms with Crippen molar-refractivity contribution in [1.82, 2.24) is 0 Å². The molecule has 8 nitrogen and oxygen atoms in total. The highest BCUT2D eigenvalue weighted by Gasteiger charge is 2.44. The number of carbonyl (C=O) groups excluding carboxylic acids is 2. The van der Waals surface area contributed by atoms with Gasteiger partial charge in [-0.3, -0.25) is 9.59 Å². The molecule has 2 atom stereocenters. The molecule has 0 N–H and O–H groups in total. The van der Waals surface area contributed by atoms with Crippen LogP contribution in [-0.4, -0.2) is 11.9 Å². The third-order valence-corrected chi connectivity index (χ3v) is 15.2. The summed E-state index contributed by atoms with van der Waals surface area (Å²) in [5.41, 5.74) is 10.4. The average molecular weight is 983 g/mol. The van der Waals surface area contributed by atoms with Gasteiger partial charge in [-0.1, -0.05) is 185 Å².